The maximum atomic E-state index is 6.07. The van der Waals surface area contributed by atoms with E-state index in [0.717, 1.165) is 26.8 Å². The van der Waals surface area contributed by atoms with E-state index in [9.17, 15) is 0 Å². The lowest BCUT2D eigenvalue weighted by Gasteiger charge is -2.12. The van der Waals surface area contributed by atoms with Gasteiger partial charge in [0.25, 0.3) is 0 Å². The minimum atomic E-state index is 0.575. The van der Waals surface area contributed by atoms with Crippen LogP contribution in [0.4, 0.5) is 17.1 Å². The van der Waals surface area contributed by atoms with Crippen LogP contribution in [0.15, 0.2) is 53.1 Å². The molecule has 112 valence electrons. The van der Waals surface area contributed by atoms with Crippen LogP contribution in [0.5, 0.6) is 5.75 Å². The highest BCUT2D eigenvalue weighted by atomic mass is 79.9. The number of hydrogen-bond donors (Lipinski definition) is 2. The predicted molar refractivity (Wildman–Crippen MR) is 94.7 cm³/mol. The molecular formula is C17H16BrN3O. The van der Waals surface area contributed by atoms with Crippen LogP contribution < -0.4 is 15.8 Å². The molecule has 0 saturated heterocycles. The van der Waals surface area contributed by atoms with Crippen LogP contribution in [0.2, 0.25) is 0 Å². The van der Waals surface area contributed by atoms with Gasteiger partial charge >= 0.3 is 0 Å². The molecule has 3 aromatic rings. The molecule has 0 saturated carbocycles. The summed E-state index contributed by atoms with van der Waals surface area (Å²) in [7, 11) is 0. The highest BCUT2D eigenvalue weighted by molar-refractivity contribution is 9.10. The number of nitrogens with zero attached hydrogens (tertiary/aromatic N) is 1. The Balaban J connectivity index is 2.04. The lowest BCUT2D eigenvalue weighted by molar-refractivity contribution is 0.342. The third-order valence-corrected chi connectivity index (χ3v) is 3.77. The zero-order valence-electron chi connectivity index (χ0n) is 12.1. The fraction of sp³-hybridized carbons (Fsp3) is 0.118. The van der Waals surface area contributed by atoms with Gasteiger partial charge in [-0.15, -0.1) is 0 Å². The molecule has 4 nitrogen and oxygen atoms in total. The molecule has 2 aromatic carbocycles. The molecule has 0 fully saturated rings. The number of nitrogen functional groups attached to an aromatic ring is 1. The lowest BCUT2D eigenvalue weighted by Crippen LogP contribution is -1.99. The van der Waals surface area contributed by atoms with Gasteiger partial charge in [-0.25, -0.2) is 0 Å². The second-order valence-corrected chi connectivity index (χ2v) is 5.75. The van der Waals surface area contributed by atoms with Crippen LogP contribution in [0.25, 0.3) is 10.9 Å². The van der Waals surface area contributed by atoms with Crippen LogP contribution >= 0.6 is 15.9 Å². The Morgan fingerprint density at radius 3 is 2.86 bits per heavy atom. The van der Waals surface area contributed by atoms with E-state index in [4.69, 9.17) is 10.5 Å². The molecule has 1 aromatic heterocycles. The van der Waals surface area contributed by atoms with Crippen LogP contribution in [0.1, 0.15) is 6.92 Å². The molecular weight excluding hydrogens is 342 g/mol. The number of anilines is 3. The van der Waals surface area contributed by atoms with Crippen molar-refractivity contribution in [2.45, 2.75) is 6.92 Å². The number of ether oxygens (including phenoxy) is 1. The zero-order chi connectivity index (χ0) is 15.5. The summed E-state index contributed by atoms with van der Waals surface area (Å²) in [6.45, 7) is 2.51. The third-order valence-electron chi connectivity index (χ3n) is 3.28. The topological polar surface area (TPSA) is 60.2 Å². The second kappa shape index (κ2) is 6.23. The minimum Gasteiger partial charge on any atom is -0.492 e. The quantitative estimate of drug-likeness (QED) is 0.663. The van der Waals surface area contributed by atoms with Crippen molar-refractivity contribution in [3.8, 4) is 5.75 Å². The van der Waals surface area contributed by atoms with Gasteiger partial charge in [-0.3, -0.25) is 4.98 Å². The van der Waals surface area contributed by atoms with E-state index < -0.39 is 0 Å². The monoisotopic (exact) mass is 357 g/mol. The fourth-order valence-electron chi connectivity index (χ4n) is 2.30. The van der Waals surface area contributed by atoms with E-state index in [-0.39, 0.29) is 0 Å². The molecule has 1 heterocycles. The fourth-order valence-corrected chi connectivity index (χ4v) is 2.70. The van der Waals surface area contributed by atoms with E-state index in [2.05, 4.69) is 26.2 Å². The lowest BCUT2D eigenvalue weighted by atomic mass is 10.1. The third kappa shape index (κ3) is 2.99. The molecule has 0 aliphatic carbocycles. The van der Waals surface area contributed by atoms with E-state index in [1.165, 1.54) is 0 Å². The average molecular weight is 358 g/mol. The number of rotatable bonds is 4. The van der Waals surface area contributed by atoms with Gasteiger partial charge in [0.2, 0.25) is 0 Å². The number of aromatic nitrogens is 1. The normalized spacial score (nSPS) is 10.6. The largest absolute Gasteiger partial charge is 0.492 e. The van der Waals surface area contributed by atoms with E-state index in [1.807, 2.05) is 49.4 Å². The Kier molecular flexibility index (Phi) is 4.15. The van der Waals surface area contributed by atoms with Crippen molar-refractivity contribution in [2.24, 2.45) is 0 Å². The number of benzene rings is 2. The van der Waals surface area contributed by atoms with Crippen molar-refractivity contribution < 1.29 is 4.74 Å². The first kappa shape index (κ1) is 14.7. The van der Waals surface area contributed by atoms with Crippen molar-refractivity contribution in [3.63, 3.8) is 0 Å². The second-order valence-electron chi connectivity index (χ2n) is 4.83. The summed E-state index contributed by atoms with van der Waals surface area (Å²) < 4.78 is 6.55. The standard InChI is InChI=1S/C17H16BrN3O/c1-2-22-17-10-16-13(9-14(17)19)15(6-7-20-16)21-12-5-3-4-11(18)8-12/h3-10H,2,19H2,1H3,(H,20,21). The maximum Gasteiger partial charge on any atom is 0.144 e. The number of nitrogens with two attached hydrogens (primary N) is 1. The van der Waals surface area contributed by atoms with Crippen molar-refractivity contribution in [1.29, 1.82) is 0 Å². The molecule has 3 N–H and O–H groups in total. The van der Waals surface area contributed by atoms with Gasteiger partial charge in [0, 0.05) is 33.5 Å². The number of fused-ring (bicyclic) bond motifs is 1. The first-order chi connectivity index (χ1) is 10.7. The van der Waals surface area contributed by atoms with Crippen molar-refractivity contribution in [2.75, 3.05) is 17.7 Å². The van der Waals surface area contributed by atoms with Gasteiger partial charge in [0.05, 0.1) is 17.8 Å². The SMILES string of the molecule is CCOc1cc2nccc(Nc3cccc(Br)c3)c2cc1N. The maximum absolute atomic E-state index is 6.07. The summed E-state index contributed by atoms with van der Waals surface area (Å²) in [5, 5.41) is 4.36. The molecule has 0 radical (unpaired) electrons. The zero-order valence-corrected chi connectivity index (χ0v) is 13.7. The Labute approximate surface area is 137 Å². The van der Waals surface area contributed by atoms with E-state index in [1.54, 1.807) is 6.20 Å². The highest BCUT2D eigenvalue weighted by Crippen LogP contribution is 2.32. The molecule has 0 unspecified atom stereocenters. The molecule has 0 aliphatic heterocycles. The van der Waals surface area contributed by atoms with Crippen LogP contribution in [-0.4, -0.2) is 11.6 Å². The van der Waals surface area contributed by atoms with Crippen molar-refractivity contribution in [3.05, 3.63) is 53.1 Å². The minimum absolute atomic E-state index is 0.575. The predicted octanol–water partition coefficient (Wildman–Crippen LogP) is 4.72. The molecule has 5 heteroatoms. The van der Waals surface area contributed by atoms with E-state index in [0.29, 0.717) is 18.0 Å². The summed E-state index contributed by atoms with van der Waals surface area (Å²) in [6, 6.07) is 13.7. The van der Waals surface area contributed by atoms with Crippen LogP contribution in [0.3, 0.4) is 0 Å². The molecule has 0 bridgehead atoms. The first-order valence-corrected chi connectivity index (χ1v) is 7.80. The molecule has 0 amide bonds. The molecule has 0 spiro atoms. The summed E-state index contributed by atoms with van der Waals surface area (Å²) >= 11 is 3.47. The van der Waals surface area contributed by atoms with Gasteiger partial charge in [0.15, 0.2) is 0 Å². The smallest absolute Gasteiger partial charge is 0.144 e. The Hall–Kier alpha value is -2.27. The molecule has 22 heavy (non-hydrogen) atoms. The Morgan fingerprint density at radius 2 is 2.09 bits per heavy atom. The van der Waals surface area contributed by atoms with Gasteiger partial charge in [-0.05, 0) is 37.3 Å². The van der Waals surface area contributed by atoms with Gasteiger partial charge in [-0.2, -0.15) is 0 Å². The van der Waals surface area contributed by atoms with Gasteiger partial charge in [-0.1, -0.05) is 22.0 Å². The Morgan fingerprint density at radius 1 is 1.23 bits per heavy atom. The summed E-state index contributed by atoms with van der Waals surface area (Å²) in [4.78, 5) is 4.40. The van der Waals surface area contributed by atoms with Gasteiger partial charge < -0.3 is 15.8 Å². The number of halogens is 1. The molecule has 0 atom stereocenters. The van der Waals surface area contributed by atoms with Crippen molar-refractivity contribution >= 4 is 43.9 Å². The number of pyridine rings is 1. The first-order valence-electron chi connectivity index (χ1n) is 7.01. The highest BCUT2D eigenvalue weighted by Gasteiger charge is 2.08. The number of hydrogen-bond acceptors (Lipinski definition) is 4. The average Bonchev–Trinajstić information content (AvgIpc) is 2.49. The van der Waals surface area contributed by atoms with Crippen molar-refractivity contribution in [1.82, 2.24) is 4.98 Å². The summed E-state index contributed by atoms with van der Waals surface area (Å²) in [5.41, 5.74) is 9.48. The van der Waals surface area contributed by atoms with Crippen LogP contribution in [0, 0.1) is 0 Å². The van der Waals surface area contributed by atoms with E-state index >= 15 is 0 Å². The van der Waals surface area contributed by atoms with Crippen LogP contribution in [-0.2, 0) is 0 Å². The number of nitrogens with one attached hydrogen (secondary N) is 1. The summed E-state index contributed by atoms with van der Waals surface area (Å²) in [5.74, 6) is 0.669. The van der Waals surface area contributed by atoms with Gasteiger partial charge in [0.1, 0.15) is 5.75 Å². The Bertz CT molecular complexity index is 820. The molecule has 3 rings (SSSR count). The summed E-state index contributed by atoms with van der Waals surface area (Å²) in [6.07, 6.45) is 1.77. The molecule has 0 aliphatic rings.